The first-order valence-corrected chi connectivity index (χ1v) is 13.0. The monoisotopic (exact) mass is 482 g/mol. The molecule has 5 nitrogen and oxygen atoms in total. The lowest BCUT2D eigenvalue weighted by Crippen LogP contribution is -2.53. The van der Waals surface area contributed by atoms with Crippen LogP contribution < -0.4 is 10.1 Å². The molecule has 6 rings (SSSR count). The third kappa shape index (κ3) is 4.65. The third-order valence-electron chi connectivity index (χ3n) is 7.73. The molecule has 0 radical (unpaired) electrons. The van der Waals surface area contributed by atoms with Crippen LogP contribution in [0.15, 0.2) is 36.4 Å². The summed E-state index contributed by atoms with van der Waals surface area (Å²) in [5, 5.41) is 3.84. The zero-order valence-corrected chi connectivity index (χ0v) is 21.2. The number of rotatable bonds is 6. The summed E-state index contributed by atoms with van der Waals surface area (Å²) in [4.78, 5) is 15.3. The minimum atomic E-state index is -0.289. The van der Waals surface area contributed by atoms with Crippen molar-refractivity contribution in [3.8, 4) is 16.9 Å². The molecular formula is C28H35ClN2O3. The number of benzene rings is 2. The highest BCUT2D eigenvalue weighted by Gasteiger charge is 2.42. The van der Waals surface area contributed by atoms with E-state index in [2.05, 4.69) is 55.3 Å². The number of hydrogen-bond acceptors (Lipinski definition) is 4. The van der Waals surface area contributed by atoms with Gasteiger partial charge in [-0.1, -0.05) is 56.6 Å². The van der Waals surface area contributed by atoms with Crippen molar-refractivity contribution in [2.24, 2.45) is 11.3 Å². The van der Waals surface area contributed by atoms with Gasteiger partial charge >= 0.3 is 6.09 Å². The maximum atomic E-state index is 12.9. The van der Waals surface area contributed by atoms with Gasteiger partial charge in [0.2, 0.25) is 0 Å². The Morgan fingerprint density at radius 2 is 1.88 bits per heavy atom. The second-order valence-electron chi connectivity index (χ2n) is 10.7. The maximum absolute atomic E-state index is 12.9. The Bertz CT molecular complexity index is 1060. The van der Waals surface area contributed by atoms with Gasteiger partial charge in [0.05, 0.1) is 17.7 Å². The number of halogens is 1. The first-order chi connectivity index (χ1) is 16.3. The Balaban J connectivity index is 1.30. The summed E-state index contributed by atoms with van der Waals surface area (Å²) < 4.78 is 11.6. The van der Waals surface area contributed by atoms with Crippen LogP contribution in [0.5, 0.6) is 5.75 Å². The second kappa shape index (κ2) is 9.43. The predicted octanol–water partition coefficient (Wildman–Crippen LogP) is 6.24. The highest BCUT2D eigenvalue weighted by molar-refractivity contribution is 6.32. The highest BCUT2D eigenvalue weighted by Crippen LogP contribution is 2.46. The van der Waals surface area contributed by atoms with E-state index in [4.69, 9.17) is 21.1 Å². The van der Waals surface area contributed by atoms with E-state index >= 15 is 0 Å². The van der Waals surface area contributed by atoms with Crippen molar-refractivity contribution in [3.63, 3.8) is 0 Å². The van der Waals surface area contributed by atoms with Crippen LogP contribution in [0.3, 0.4) is 0 Å². The lowest BCUT2D eigenvalue weighted by Gasteiger charge is -2.44. The first kappa shape index (κ1) is 23.5. The van der Waals surface area contributed by atoms with Crippen LogP contribution in [0.2, 0.25) is 5.02 Å². The van der Waals surface area contributed by atoms with E-state index < -0.39 is 0 Å². The van der Waals surface area contributed by atoms with E-state index in [1.165, 1.54) is 11.1 Å². The summed E-state index contributed by atoms with van der Waals surface area (Å²) in [6, 6.07) is 12.4. The molecule has 0 spiro atoms. The SMILES string of the molecule is CCCOc1ccc(-c2ccc3c(c2)CC(C)(C)[C@H]3NC(=O)O[C@@H]2CN3CCC2CC3)cc1Cl. The fourth-order valence-electron chi connectivity index (χ4n) is 5.85. The van der Waals surface area contributed by atoms with E-state index in [0.717, 1.165) is 62.2 Å². The number of ether oxygens (including phenoxy) is 2. The number of fused-ring (bicyclic) bond motifs is 4. The molecule has 3 aliphatic heterocycles. The minimum absolute atomic E-state index is 0.0166. The van der Waals surface area contributed by atoms with Gasteiger partial charge in [0.15, 0.2) is 0 Å². The molecule has 3 saturated heterocycles. The summed E-state index contributed by atoms with van der Waals surface area (Å²) >= 11 is 6.47. The molecule has 1 aliphatic carbocycles. The smallest absolute Gasteiger partial charge is 0.407 e. The molecule has 2 bridgehead atoms. The van der Waals surface area contributed by atoms with Gasteiger partial charge in [-0.2, -0.15) is 0 Å². The molecule has 0 saturated carbocycles. The molecule has 2 atom stereocenters. The van der Waals surface area contributed by atoms with Gasteiger partial charge in [-0.15, -0.1) is 0 Å². The Kier molecular flexibility index (Phi) is 6.51. The number of alkyl carbamates (subject to hydrolysis) is 1. The van der Waals surface area contributed by atoms with Gasteiger partial charge < -0.3 is 14.8 Å². The third-order valence-corrected chi connectivity index (χ3v) is 8.02. The number of nitrogens with one attached hydrogen (secondary N) is 1. The maximum Gasteiger partial charge on any atom is 0.407 e. The van der Waals surface area contributed by atoms with Crippen molar-refractivity contribution >= 4 is 17.7 Å². The fraction of sp³-hybridized carbons (Fsp3) is 0.536. The summed E-state index contributed by atoms with van der Waals surface area (Å²) in [6.45, 7) is 10.3. The number of carbonyl (C=O) groups excluding carboxylic acids is 1. The number of nitrogens with zero attached hydrogens (tertiary/aromatic N) is 1. The summed E-state index contributed by atoms with van der Waals surface area (Å²) in [5.74, 6) is 1.23. The summed E-state index contributed by atoms with van der Waals surface area (Å²) in [7, 11) is 0. The van der Waals surface area contributed by atoms with Crippen LogP contribution in [0, 0.1) is 11.3 Å². The topological polar surface area (TPSA) is 50.8 Å². The first-order valence-electron chi connectivity index (χ1n) is 12.6. The van der Waals surface area contributed by atoms with Crippen LogP contribution >= 0.6 is 11.6 Å². The zero-order chi connectivity index (χ0) is 23.9. The Morgan fingerprint density at radius 3 is 2.56 bits per heavy atom. The number of amides is 1. The number of hydrogen-bond donors (Lipinski definition) is 1. The van der Waals surface area contributed by atoms with Gasteiger partial charge in [-0.25, -0.2) is 4.79 Å². The van der Waals surface area contributed by atoms with Gasteiger partial charge in [-0.3, -0.25) is 4.90 Å². The highest BCUT2D eigenvalue weighted by atomic mass is 35.5. The van der Waals surface area contributed by atoms with Gasteiger partial charge in [0.1, 0.15) is 11.9 Å². The van der Waals surface area contributed by atoms with Crippen molar-refractivity contribution in [1.29, 1.82) is 0 Å². The van der Waals surface area contributed by atoms with E-state index in [-0.39, 0.29) is 23.7 Å². The van der Waals surface area contributed by atoms with Gasteiger partial charge in [-0.05, 0) is 84.5 Å². The average Bonchev–Trinajstić information content (AvgIpc) is 3.07. The van der Waals surface area contributed by atoms with Crippen LogP contribution in [0.4, 0.5) is 4.79 Å². The Morgan fingerprint density at radius 1 is 1.15 bits per heavy atom. The molecule has 182 valence electrons. The van der Waals surface area contributed by atoms with Crippen molar-refractivity contribution in [1.82, 2.24) is 10.2 Å². The molecule has 1 amide bonds. The summed E-state index contributed by atoms with van der Waals surface area (Å²) in [5.41, 5.74) is 4.53. The van der Waals surface area contributed by atoms with Gasteiger partial charge in [0.25, 0.3) is 0 Å². The molecule has 0 unspecified atom stereocenters. The molecule has 2 aromatic rings. The van der Waals surface area contributed by atoms with E-state index in [9.17, 15) is 4.79 Å². The predicted molar refractivity (Wildman–Crippen MR) is 135 cm³/mol. The van der Waals surface area contributed by atoms with Gasteiger partial charge in [0, 0.05) is 6.54 Å². The molecule has 4 aliphatic rings. The summed E-state index contributed by atoms with van der Waals surface area (Å²) in [6.07, 6.45) is 3.83. The molecule has 6 heteroatoms. The standard InChI is InChI=1S/C28H35ClN2O3/c1-4-13-33-24-8-6-20(15-23(24)29)19-5-7-22-21(14-19)16-28(2,3)26(22)30-27(32)34-25-17-31-11-9-18(25)10-12-31/h5-8,14-15,18,25-26H,4,9-13,16-17H2,1-3H3,(H,30,32)/t25-,26+/m1/s1. The lowest BCUT2D eigenvalue weighted by atomic mass is 9.85. The molecule has 3 fully saturated rings. The molecular weight excluding hydrogens is 448 g/mol. The Labute approximate surface area is 207 Å². The van der Waals surface area contributed by atoms with E-state index in [1.54, 1.807) is 0 Å². The number of piperidine rings is 3. The molecule has 1 N–H and O–H groups in total. The van der Waals surface area contributed by atoms with Crippen molar-refractivity contribution < 1.29 is 14.3 Å². The molecule has 34 heavy (non-hydrogen) atoms. The van der Waals surface area contributed by atoms with Crippen LogP contribution in [0.1, 0.15) is 57.2 Å². The van der Waals surface area contributed by atoms with Crippen LogP contribution in [-0.2, 0) is 11.2 Å². The quantitative estimate of drug-likeness (QED) is 0.529. The van der Waals surface area contributed by atoms with E-state index in [1.807, 2.05) is 12.1 Å². The zero-order valence-electron chi connectivity index (χ0n) is 20.4. The van der Waals surface area contributed by atoms with Crippen molar-refractivity contribution in [3.05, 3.63) is 52.5 Å². The molecule has 3 heterocycles. The average molecular weight is 483 g/mol. The lowest BCUT2D eigenvalue weighted by molar-refractivity contribution is -0.0348. The molecule has 0 aromatic heterocycles. The largest absolute Gasteiger partial charge is 0.492 e. The van der Waals surface area contributed by atoms with E-state index in [0.29, 0.717) is 17.5 Å². The fourth-order valence-corrected chi connectivity index (χ4v) is 6.09. The van der Waals surface area contributed by atoms with Crippen molar-refractivity contribution in [2.75, 3.05) is 26.2 Å². The van der Waals surface area contributed by atoms with Crippen molar-refractivity contribution in [2.45, 2.75) is 58.6 Å². The minimum Gasteiger partial charge on any atom is -0.492 e. The second-order valence-corrected chi connectivity index (χ2v) is 11.1. The van der Waals surface area contributed by atoms with Crippen LogP contribution in [-0.4, -0.2) is 43.3 Å². The Hall–Kier alpha value is -2.24. The normalized spacial score (nSPS) is 26.7. The molecule has 2 aromatic carbocycles. The number of carbonyl (C=O) groups is 1. The van der Waals surface area contributed by atoms with Crippen LogP contribution in [0.25, 0.3) is 11.1 Å².